The van der Waals surface area contributed by atoms with E-state index in [1.165, 1.54) is 19.3 Å². The Morgan fingerprint density at radius 1 is 1.14 bits per heavy atom. The topological polar surface area (TPSA) is 49.4 Å². The van der Waals surface area contributed by atoms with E-state index in [1.54, 1.807) is 0 Å². The molecule has 0 radical (unpaired) electrons. The maximum Gasteiger partial charge on any atom is 0.246 e. The third-order valence-electron chi connectivity index (χ3n) is 5.21. The number of nitrogens with zero attached hydrogens (tertiary/aromatic N) is 1. The molecule has 120 valence electrons. The lowest BCUT2D eigenvalue weighted by molar-refractivity contribution is -0.156. The Labute approximate surface area is 128 Å². The zero-order valence-corrected chi connectivity index (χ0v) is 13.9. The van der Waals surface area contributed by atoms with Crippen molar-refractivity contribution in [1.82, 2.24) is 10.2 Å². The maximum absolute atomic E-state index is 13.0. The third kappa shape index (κ3) is 3.24. The van der Waals surface area contributed by atoms with Gasteiger partial charge in [-0.3, -0.25) is 9.59 Å². The van der Waals surface area contributed by atoms with Crippen molar-refractivity contribution in [2.75, 3.05) is 0 Å². The number of carbonyl (C=O) groups is 2. The van der Waals surface area contributed by atoms with E-state index in [0.29, 0.717) is 5.92 Å². The highest BCUT2D eigenvalue weighted by Gasteiger charge is 2.46. The molecule has 21 heavy (non-hydrogen) atoms. The minimum absolute atomic E-state index is 0.0421. The van der Waals surface area contributed by atoms with Gasteiger partial charge in [-0.25, -0.2) is 0 Å². The molecule has 2 rings (SSSR count). The Balaban J connectivity index is 2.23. The summed E-state index contributed by atoms with van der Waals surface area (Å²) in [6, 6.07) is -0.476. The Kier molecular flexibility index (Phi) is 5.28. The third-order valence-corrected chi connectivity index (χ3v) is 5.21. The van der Waals surface area contributed by atoms with Gasteiger partial charge in [0.2, 0.25) is 11.8 Å². The largest absolute Gasteiger partial charge is 0.342 e. The summed E-state index contributed by atoms with van der Waals surface area (Å²) in [7, 11) is 0. The van der Waals surface area contributed by atoms with Crippen LogP contribution in [-0.4, -0.2) is 34.8 Å². The molecular weight excluding hydrogens is 264 g/mol. The van der Waals surface area contributed by atoms with E-state index in [9.17, 15) is 9.59 Å². The summed E-state index contributed by atoms with van der Waals surface area (Å²) < 4.78 is 0. The van der Waals surface area contributed by atoms with Gasteiger partial charge < -0.3 is 10.2 Å². The zero-order valence-electron chi connectivity index (χ0n) is 13.9. The Morgan fingerprint density at radius 2 is 1.76 bits per heavy atom. The first kappa shape index (κ1) is 16.3. The molecule has 0 bridgehead atoms. The summed E-state index contributed by atoms with van der Waals surface area (Å²) in [6.45, 7) is 8.18. The summed E-state index contributed by atoms with van der Waals surface area (Å²) in [5.74, 6) is 0.667. The number of hydrogen-bond acceptors (Lipinski definition) is 2. The number of nitrogens with one attached hydrogen (secondary N) is 1. The Bertz CT molecular complexity index is 388. The second-order valence-electron chi connectivity index (χ2n) is 7.08. The van der Waals surface area contributed by atoms with Gasteiger partial charge >= 0.3 is 0 Å². The predicted octanol–water partition coefficient (Wildman–Crippen LogP) is 2.72. The summed E-state index contributed by atoms with van der Waals surface area (Å²) in [4.78, 5) is 27.4. The van der Waals surface area contributed by atoms with Crippen molar-refractivity contribution in [3.8, 4) is 0 Å². The number of carbonyl (C=O) groups excluding carboxylic acids is 2. The normalized spacial score (nSPS) is 29.7. The van der Waals surface area contributed by atoms with Gasteiger partial charge in [0.25, 0.3) is 0 Å². The predicted molar refractivity (Wildman–Crippen MR) is 83.7 cm³/mol. The number of rotatable bonds is 4. The molecule has 3 atom stereocenters. The smallest absolute Gasteiger partial charge is 0.246 e. The molecule has 2 fully saturated rings. The molecule has 1 saturated heterocycles. The van der Waals surface area contributed by atoms with Crippen LogP contribution in [0, 0.1) is 11.8 Å². The van der Waals surface area contributed by atoms with Crippen LogP contribution in [0.5, 0.6) is 0 Å². The summed E-state index contributed by atoms with van der Waals surface area (Å²) >= 11 is 0. The van der Waals surface area contributed by atoms with Crippen molar-refractivity contribution >= 4 is 11.8 Å². The van der Waals surface area contributed by atoms with Crippen molar-refractivity contribution in [2.24, 2.45) is 11.8 Å². The van der Waals surface area contributed by atoms with Gasteiger partial charge in [0, 0.05) is 6.04 Å². The standard InChI is InChI=1S/C17H30N2O2/c1-5-12(4)19-15(11(2)3)16(20)18-14(17(19)21)13-9-7-6-8-10-13/h11-15H,5-10H2,1-4H3,(H,18,20). The Hall–Kier alpha value is -1.06. The monoisotopic (exact) mass is 294 g/mol. The molecule has 1 N–H and O–H groups in total. The minimum atomic E-state index is -0.313. The van der Waals surface area contributed by atoms with E-state index < -0.39 is 0 Å². The van der Waals surface area contributed by atoms with E-state index in [-0.39, 0.29) is 35.9 Å². The lowest BCUT2D eigenvalue weighted by Crippen LogP contribution is -2.68. The summed E-state index contributed by atoms with van der Waals surface area (Å²) in [5, 5.41) is 3.05. The highest BCUT2D eigenvalue weighted by molar-refractivity contribution is 5.97. The van der Waals surface area contributed by atoms with Gasteiger partial charge in [-0.15, -0.1) is 0 Å². The molecule has 1 saturated carbocycles. The number of amides is 2. The van der Waals surface area contributed by atoms with Gasteiger partial charge in [0.1, 0.15) is 12.1 Å². The van der Waals surface area contributed by atoms with Crippen molar-refractivity contribution < 1.29 is 9.59 Å². The SMILES string of the molecule is CCC(C)N1C(=O)C(C2CCCCC2)NC(=O)C1C(C)C. The van der Waals surface area contributed by atoms with Crippen molar-refractivity contribution in [3.05, 3.63) is 0 Å². The van der Waals surface area contributed by atoms with Gasteiger partial charge in [0.05, 0.1) is 0 Å². The molecular formula is C17H30N2O2. The second-order valence-corrected chi connectivity index (χ2v) is 7.08. The lowest BCUT2D eigenvalue weighted by atomic mass is 9.81. The molecule has 4 nitrogen and oxygen atoms in total. The first-order chi connectivity index (χ1) is 9.97. The minimum Gasteiger partial charge on any atom is -0.342 e. The van der Waals surface area contributed by atoms with Crippen molar-refractivity contribution in [2.45, 2.75) is 84.3 Å². The van der Waals surface area contributed by atoms with Crippen LogP contribution in [0.4, 0.5) is 0 Å². The second kappa shape index (κ2) is 6.80. The van der Waals surface area contributed by atoms with Crippen LogP contribution in [0.3, 0.4) is 0 Å². The molecule has 1 aliphatic carbocycles. The first-order valence-corrected chi connectivity index (χ1v) is 8.59. The molecule has 2 aliphatic rings. The van der Waals surface area contributed by atoms with E-state index in [1.807, 2.05) is 18.7 Å². The number of hydrogen-bond donors (Lipinski definition) is 1. The average molecular weight is 294 g/mol. The van der Waals surface area contributed by atoms with Gasteiger partial charge in [0.15, 0.2) is 0 Å². The summed E-state index contributed by atoms with van der Waals surface area (Å²) in [6.07, 6.45) is 6.64. The van der Waals surface area contributed by atoms with Gasteiger partial charge in [-0.1, -0.05) is 40.0 Å². The average Bonchev–Trinajstić information content (AvgIpc) is 2.48. The van der Waals surface area contributed by atoms with Crippen LogP contribution in [0.15, 0.2) is 0 Å². The summed E-state index contributed by atoms with van der Waals surface area (Å²) in [5.41, 5.74) is 0. The van der Waals surface area contributed by atoms with Crippen LogP contribution in [0.25, 0.3) is 0 Å². The fraction of sp³-hybridized carbons (Fsp3) is 0.882. The molecule has 1 aliphatic heterocycles. The molecule has 0 aromatic heterocycles. The molecule has 0 spiro atoms. The van der Waals surface area contributed by atoms with Crippen molar-refractivity contribution in [1.29, 1.82) is 0 Å². The van der Waals surface area contributed by atoms with Crippen LogP contribution in [0.1, 0.15) is 66.2 Å². The lowest BCUT2D eigenvalue weighted by Gasteiger charge is -2.46. The molecule has 4 heteroatoms. The van der Waals surface area contributed by atoms with Crippen LogP contribution >= 0.6 is 0 Å². The zero-order chi connectivity index (χ0) is 15.6. The van der Waals surface area contributed by atoms with Gasteiger partial charge in [-0.05, 0) is 38.0 Å². The Morgan fingerprint density at radius 3 is 2.29 bits per heavy atom. The van der Waals surface area contributed by atoms with E-state index >= 15 is 0 Å². The molecule has 3 unspecified atom stereocenters. The maximum atomic E-state index is 13.0. The highest BCUT2D eigenvalue weighted by atomic mass is 16.2. The fourth-order valence-corrected chi connectivity index (χ4v) is 3.82. The fourth-order valence-electron chi connectivity index (χ4n) is 3.82. The van der Waals surface area contributed by atoms with Crippen molar-refractivity contribution in [3.63, 3.8) is 0 Å². The van der Waals surface area contributed by atoms with Crippen LogP contribution in [-0.2, 0) is 9.59 Å². The first-order valence-electron chi connectivity index (χ1n) is 8.59. The van der Waals surface area contributed by atoms with Crippen LogP contribution in [0.2, 0.25) is 0 Å². The van der Waals surface area contributed by atoms with Gasteiger partial charge in [-0.2, -0.15) is 0 Å². The molecule has 2 amide bonds. The number of piperazine rings is 1. The highest BCUT2D eigenvalue weighted by Crippen LogP contribution is 2.31. The quantitative estimate of drug-likeness (QED) is 0.866. The molecule has 0 aromatic rings. The van der Waals surface area contributed by atoms with E-state index in [0.717, 1.165) is 19.3 Å². The van der Waals surface area contributed by atoms with E-state index in [4.69, 9.17) is 0 Å². The van der Waals surface area contributed by atoms with Crippen LogP contribution < -0.4 is 5.32 Å². The van der Waals surface area contributed by atoms with E-state index in [2.05, 4.69) is 19.2 Å². The molecule has 1 heterocycles. The molecule has 0 aromatic carbocycles.